The summed E-state index contributed by atoms with van der Waals surface area (Å²) in [5.41, 5.74) is 6.45. The van der Waals surface area contributed by atoms with Crippen LogP contribution in [0, 0.1) is 5.92 Å². The van der Waals surface area contributed by atoms with E-state index in [1.807, 2.05) is 30.5 Å². The van der Waals surface area contributed by atoms with E-state index < -0.39 is 0 Å². The van der Waals surface area contributed by atoms with E-state index in [-0.39, 0.29) is 17.9 Å². The normalized spacial score (nSPS) is 23.6. The fraction of sp³-hybridized carbons (Fsp3) is 0.364. The predicted octanol–water partition coefficient (Wildman–Crippen LogP) is 1.69. The van der Waals surface area contributed by atoms with Crippen molar-refractivity contribution in [1.82, 2.24) is 0 Å². The van der Waals surface area contributed by atoms with Crippen molar-refractivity contribution in [1.29, 1.82) is 0 Å². The molecule has 2 rings (SSSR count). The third-order valence-electron chi connectivity index (χ3n) is 2.53. The van der Waals surface area contributed by atoms with E-state index >= 15 is 0 Å². The van der Waals surface area contributed by atoms with Crippen LogP contribution in [0.3, 0.4) is 0 Å². The van der Waals surface area contributed by atoms with Crippen molar-refractivity contribution in [3.63, 3.8) is 0 Å². The van der Waals surface area contributed by atoms with Crippen LogP contribution in [-0.4, -0.2) is 18.2 Å². The highest BCUT2D eigenvalue weighted by atomic mass is 32.2. The van der Waals surface area contributed by atoms with Crippen molar-refractivity contribution in [3.8, 4) is 0 Å². The van der Waals surface area contributed by atoms with Gasteiger partial charge in [-0.25, -0.2) is 0 Å². The van der Waals surface area contributed by atoms with Crippen molar-refractivity contribution in [2.24, 2.45) is 11.7 Å². The predicted molar refractivity (Wildman–Crippen MR) is 62.9 cm³/mol. The van der Waals surface area contributed by atoms with Gasteiger partial charge in [0.25, 0.3) is 0 Å². The summed E-state index contributed by atoms with van der Waals surface area (Å²) >= 11 is 1.68. The maximum atomic E-state index is 11.5. The topological polar surface area (TPSA) is 55.1 Å². The van der Waals surface area contributed by atoms with Crippen LogP contribution in [0.25, 0.3) is 0 Å². The van der Waals surface area contributed by atoms with Gasteiger partial charge < -0.3 is 11.1 Å². The molecular formula is C11H14N2OS. The van der Waals surface area contributed by atoms with Gasteiger partial charge in [0.15, 0.2) is 0 Å². The lowest BCUT2D eigenvalue weighted by Gasteiger charge is -2.04. The molecule has 0 aliphatic heterocycles. The van der Waals surface area contributed by atoms with Gasteiger partial charge >= 0.3 is 0 Å². The molecule has 1 aliphatic carbocycles. The Morgan fingerprint density at radius 3 is 2.53 bits per heavy atom. The molecule has 0 saturated heterocycles. The fourth-order valence-electron chi connectivity index (χ4n) is 1.43. The maximum absolute atomic E-state index is 11.5. The maximum Gasteiger partial charge on any atom is 0.229 e. The molecule has 15 heavy (non-hydrogen) atoms. The Balaban J connectivity index is 1.95. The van der Waals surface area contributed by atoms with Crippen molar-refractivity contribution in [2.45, 2.75) is 17.4 Å². The molecule has 0 heterocycles. The van der Waals surface area contributed by atoms with Gasteiger partial charge in [-0.1, -0.05) is 0 Å². The number of nitrogens with one attached hydrogen (secondary N) is 1. The van der Waals surface area contributed by atoms with Crippen LogP contribution >= 0.6 is 11.8 Å². The van der Waals surface area contributed by atoms with Crippen LogP contribution in [0.15, 0.2) is 29.2 Å². The van der Waals surface area contributed by atoms with E-state index in [2.05, 4.69) is 5.32 Å². The van der Waals surface area contributed by atoms with Gasteiger partial charge in [0.2, 0.25) is 5.91 Å². The van der Waals surface area contributed by atoms with Gasteiger partial charge in [0.05, 0.1) is 5.92 Å². The first-order valence-electron chi connectivity index (χ1n) is 4.91. The lowest BCUT2D eigenvalue weighted by molar-refractivity contribution is -0.117. The minimum Gasteiger partial charge on any atom is -0.327 e. The molecule has 1 aromatic rings. The van der Waals surface area contributed by atoms with Crippen molar-refractivity contribution in [3.05, 3.63) is 24.3 Å². The van der Waals surface area contributed by atoms with E-state index in [0.717, 1.165) is 12.1 Å². The minimum atomic E-state index is 0.0187. The van der Waals surface area contributed by atoms with Crippen molar-refractivity contribution < 1.29 is 4.79 Å². The molecule has 0 radical (unpaired) electrons. The largest absolute Gasteiger partial charge is 0.327 e. The summed E-state index contributed by atoms with van der Waals surface area (Å²) in [6.07, 6.45) is 2.84. The molecule has 1 fully saturated rings. The average molecular weight is 222 g/mol. The number of benzene rings is 1. The first-order chi connectivity index (χ1) is 7.20. The van der Waals surface area contributed by atoms with Gasteiger partial charge in [-0.15, -0.1) is 11.8 Å². The number of hydrogen-bond donors (Lipinski definition) is 2. The quantitative estimate of drug-likeness (QED) is 0.765. The van der Waals surface area contributed by atoms with Crippen LogP contribution in [-0.2, 0) is 4.79 Å². The van der Waals surface area contributed by atoms with E-state index in [1.165, 1.54) is 4.90 Å². The third-order valence-corrected chi connectivity index (χ3v) is 3.28. The molecule has 3 nitrogen and oxygen atoms in total. The Labute approximate surface area is 93.4 Å². The van der Waals surface area contributed by atoms with E-state index in [9.17, 15) is 4.79 Å². The first kappa shape index (κ1) is 10.5. The van der Waals surface area contributed by atoms with Gasteiger partial charge in [-0.2, -0.15) is 0 Å². The molecule has 0 spiro atoms. The number of carbonyl (C=O) groups excluding carboxylic acids is 1. The number of thioether (sulfide) groups is 1. The number of carbonyl (C=O) groups is 1. The molecule has 0 bridgehead atoms. The second-order valence-corrected chi connectivity index (χ2v) is 4.60. The zero-order valence-electron chi connectivity index (χ0n) is 8.57. The Morgan fingerprint density at radius 1 is 1.47 bits per heavy atom. The molecule has 1 amide bonds. The fourth-order valence-corrected chi connectivity index (χ4v) is 1.83. The van der Waals surface area contributed by atoms with E-state index in [0.29, 0.717) is 0 Å². The Kier molecular flexibility index (Phi) is 2.98. The molecule has 2 unspecified atom stereocenters. The number of hydrogen-bond acceptors (Lipinski definition) is 3. The lowest BCUT2D eigenvalue weighted by atomic mass is 10.3. The number of amides is 1. The highest BCUT2D eigenvalue weighted by molar-refractivity contribution is 7.98. The molecule has 1 aliphatic rings. The first-order valence-corrected chi connectivity index (χ1v) is 6.13. The van der Waals surface area contributed by atoms with Crippen molar-refractivity contribution in [2.75, 3.05) is 11.6 Å². The monoisotopic (exact) mass is 222 g/mol. The van der Waals surface area contributed by atoms with Crippen LogP contribution in [0.4, 0.5) is 5.69 Å². The van der Waals surface area contributed by atoms with Crippen LogP contribution in [0.5, 0.6) is 0 Å². The summed E-state index contributed by atoms with van der Waals surface area (Å²) in [7, 11) is 0. The minimum absolute atomic E-state index is 0.0187. The smallest absolute Gasteiger partial charge is 0.229 e. The number of rotatable bonds is 3. The molecular weight excluding hydrogens is 208 g/mol. The van der Waals surface area contributed by atoms with E-state index in [1.54, 1.807) is 11.8 Å². The Bertz CT molecular complexity index is 363. The summed E-state index contributed by atoms with van der Waals surface area (Å²) < 4.78 is 0. The number of nitrogens with two attached hydrogens (primary N) is 1. The molecule has 4 heteroatoms. The SMILES string of the molecule is CSc1ccc(NC(=O)C2CC2N)cc1. The van der Waals surface area contributed by atoms with Crippen LogP contribution in [0.1, 0.15) is 6.42 Å². The van der Waals surface area contributed by atoms with E-state index in [4.69, 9.17) is 5.73 Å². The van der Waals surface area contributed by atoms with Crippen molar-refractivity contribution >= 4 is 23.4 Å². The third kappa shape index (κ3) is 2.52. The standard InChI is InChI=1S/C11H14N2OS/c1-15-8-4-2-7(3-5-8)13-11(14)9-6-10(9)12/h2-5,9-10H,6,12H2,1H3,(H,13,14). The van der Waals surface area contributed by atoms with Gasteiger partial charge in [-0.05, 0) is 36.9 Å². The summed E-state index contributed by atoms with van der Waals surface area (Å²) in [6, 6.07) is 7.88. The highest BCUT2D eigenvalue weighted by Gasteiger charge is 2.39. The summed E-state index contributed by atoms with van der Waals surface area (Å²) in [5.74, 6) is 0.0598. The van der Waals surface area contributed by atoms with Gasteiger partial charge in [0, 0.05) is 16.6 Å². The van der Waals surface area contributed by atoms with Crippen LogP contribution in [0.2, 0.25) is 0 Å². The van der Waals surface area contributed by atoms with Gasteiger partial charge in [-0.3, -0.25) is 4.79 Å². The lowest BCUT2D eigenvalue weighted by Crippen LogP contribution is -2.18. The van der Waals surface area contributed by atoms with Crippen LogP contribution < -0.4 is 11.1 Å². The number of anilines is 1. The summed E-state index contributed by atoms with van der Waals surface area (Å²) in [6.45, 7) is 0. The average Bonchev–Trinajstić information content (AvgIpc) is 2.97. The highest BCUT2D eigenvalue weighted by Crippen LogP contribution is 2.29. The second kappa shape index (κ2) is 4.24. The van der Waals surface area contributed by atoms with Gasteiger partial charge in [0.1, 0.15) is 0 Å². The summed E-state index contributed by atoms with van der Waals surface area (Å²) in [5, 5.41) is 2.86. The zero-order chi connectivity index (χ0) is 10.8. The Hall–Kier alpha value is -1.00. The molecule has 1 aromatic carbocycles. The second-order valence-electron chi connectivity index (χ2n) is 3.72. The molecule has 80 valence electrons. The molecule has 1 saturated carbocycles. The Morgan fingerprint density at radius 2 is 2.07 bits per heavy atom. The summed E-state index contributed by atoms with van der Waals surface area (Å²) in [4.78, 5) is 12.7. The zero-order valence-corrected chi connectivity index (χ0v) is 9.38. The molecule has 3 N–H and O–H groups in total. The molecule has 0 aromatic heterocycles. The molecule has 2 atom stereocenters.